The second-order valence-corrected chi connectivity index (χ2v) is 3.95. The van der Waals surface area contributed by atoms with Gasteiger partial charge in [0.05, 0.1) is 26.4 Å². The molecule has 1 N–H and O–H groups in total. The van der Waals surface area contributed by atoms with Gasteiger partial charge in [0.1, 0.15) is 6.10 Å². The summed E-state index contributed by atoms with van der Waals surface area (Å²) in [4.78, 5) is 0. The molecule has 0 amide bonds. The van der Waals surface area contributed by atoms with Crippen molar-refractivity contribution in [1.29, 1.82) is 0 Å². The summed E-state index contributed by atoms with van der Waals surface area (Å²) in [5.41, 5.74) is 0. The van der Waals surface area contributed by atoms with Gasteiger partial charge in [-0.15, -0.1) is 0 Å². The first-order chi connectivity index (χ1) is 7.03. The van der Waals surface area contributed by atoms with Crippen molar-refractivity contribution >= 4 is 0 Å². The van der Waals surface area contributed by atoms with Crippen LogP contribution >= 0.6 is 0 Å². The van der Waals surface area contributed by atoms with Gasteiger partial charge in [0, 0.05) is 0 Å². The summed E-state index contributed by atoms with van der Waals surface area (Å²) in [5, 5.41) is 8.54. The summed E-state index contributed by atoms with van der Waals surface area (Å²) in [6.45, 7) is 6.81. The molecule has 0 aromatic rings. The van der Waals surface area contributed by atoms with Gasteiger partial charge in [0.2, 0.25) is 0 Å². The zero-order valence-corrected chi connectivity index (χ0v) is 9.56. The molecule has 5 heteroatoms. The number of aliphatic hydroxyl groups excluding tert-OH is 1. The second kappa shape index (κ2) is 5.77. The fourth-order valence-corrected chi connectivity index (χ4v) is 1.35. The minimum absolute atomic E-state index is 0.00374. The fourth-order valence-electron chi connectivity index (χ4n) is 1.35. The summed E-state index contributed by atoms with van der Waals surface area (Å²) in [6.07, 6.45) is -0.371. The molecule has 15 heavy (non-hydrogen) atoms. The lowest BCUT2D eigenvalue weighted by atomic mass is 10.4. The SMILES string of the molecule is CC(OCCO)OCC1COC(C)(C)O1. The Bertz CT molecular complexity index is 183. The molecule has 1 saturated heterocycles. The highest BCUT2D eigenvalue weighted by atomic mass is 16.8. The topological polar surface area (TPSA) is 57.2 Å². The summed E-state index contributed by atoms with van der Waals surface area (Å²) in [7, 11) is 0. The van der Waals surface area contributed by atoms with Crippen LogP contribution in [0.3, 0.4) is 0 Å². The molecule has 0 saturated carbocycles. The molecule has 2 atom stereocenters. The number of ether oxygens (including phenoxy) is 4. The number of aliphatic hydroxyl groups is 1. The van der Waals surface area contributed by atoms with E-state index in [9.17, 15) is 0 Å². The largest absolute Gasteiger partial charge is 0.394 e. The van der Waals surface area contributed by atoms with E-state index in [1.807, 2.05) is 13.8 Å². The monoisotopic (exact) mass is 220 g/mol. The van der Waals surface area contributed by atoms with Gasteiger partial charge >= 0.3 is 0 Å². The Morgan fingerprint density at radius 2 is 2.20 bits per heavy atom. The van der Waals surface area contributed by atoms with Crippen molar-refractivity contribution in [3.63, 3.8) is 0 Å². The smallest absolute Gasteiger partial charge is 0.163 e. The first-order valence-electron chi connectivity index (χ1n) is 5.19. The zero-order valence-electron chi connectivity index (χ0n) is 9.56. The van der Waals surface area contributed by atoms with E-state index in [0.29, 0.717) is 13.2 Å². The standard InChI is InChI=1S/C10H20O5/c1-8(12-5-4-11)13-6-9-7-14-10(2,3)15-9/h8-9,11H,4-7H2,1-3H3. The van der Waals surface area contributed by atoms with Crippen molar-refractivity contribution in [3.8, 4) is 0 Å². The van der Waals surface area contributed by atoms with Crippen LogP contribution in [0.1, 0.15) is 20.8 Å². The van der Waals surface area contributed by atoms with Gasteiger partial charge < -0.3 is 24.1 Å². The van der Waals surface area contributed by atoms with Gasteiger partial charge in [-0.05, 0) is 20.8 Å². The third-order valence-electron chi connectivity index (χ3n) is 2.03. The lowest BCUT2D eigenvalue weighted by Crippen LogP contribution is -2.26. The lowest BCUT2D eigenvalue weighted by Gasteiger charge is -2.18. The third kappa shape index (κ3) is 4.90. The predicted molar refractivity (Wildman–Crippen MR) is 53.4 cm³/mol. The van der Waals surface area contributed by atoms with E-state index in [2.05, 4.69) is 0 Å². The molecule has 1 fully saturated rings. The highest BCUT2D eigenvalue weighted by Gasteiger charge is 2.32. The average Bonchev–Trinajstić information content (AvgIpc) is 2.52. The van der Waals surface area contributed by atoms with E-state index >= 15 is 0 Å². The Labute approximate surface area is 90.3 Å². The van der Waals surface area contributed by atoms with Gasteiger partial charge in [-0.1, -0.05) is 0 Å². The average molecular weight is 220 g/mol. The quantitative estimate of drug-likeness (QED) is 0.661. The van der Waals surface area contributed by atoms with Crippen LogP contribution in [0, 0.1) is 0 Å². The maximum absolute atomic E-state index is 8.54. The Hall–Kier alpha value is -0.200. The second-order valence-electron chi connectivity index (χ2n) is 3.95. The van der Waals surface area contributed by atoms with Gasteiger partial charge in [-0.3, -0.25) is 0 Å². The third-order valence-corrected chi connectivity index (χ3v) is 2.03. The van der Waals surface area contributed by atoms with E-state index < -0.39 is 5.79 Å². The summed E-state index contributed by atoms with van der Waals surface area (Å²) in [5.74, 6) is -0.511. The molecular weight excluding hydrogens is 200 g/mol. The molecule has 2 unspecified atom stereocenters. The van der Waals surface area contributed by atoms with Crippen LogP contribution in [0.15, 0.2) is 0 Å². The summed E-state index contributed by atoms with van der Waals surface area (Å²) in [6, 6.07) is 0. The minimum atomic E-state index is -0.511. The molecule has 0 radical (unpaired) electrons. The number of rotatable bonds is 6. The molecule has 5 nitrogen and oxygen atoms in total. The molecule has 1 aliphatic rings. The Morgan fingerprint density at radius 3 is 2.73 bits per heavy atom. The van der Waals surface area contributed by atoms with Crippen LogP contribution in [0.5, 0.6) is 0 Å². The van der Waals surface area contributed by atoms with Crippen LogP contribution < -0.4 is 0 Å². The zero-order chi connectivity index (χ0) is 11.3. The van der Waals surface area contributed by atoms with E-state index in [0.717, 1.165) is 0 Å². The molecular formula is C10H20O5. The summed E-state index contributed by atoms with van der Waals surface area (Å²) >= 11 is 0. The van der Waals surface area contributed by atoms with Crippen LogP contribution in [-0.4, -0.2) is 49.7 Å². The van der Waals surface area contributed by atoms with Crippen LogP contribution in [-0.2, 0) is 18.9 Å². The Kier molecular flexibility index (Phi) is 4.95. The van der Waals surface area contributed by atoms with Gasteiger partial charge in [0.25, 0.3) is 0 Å². The molecule has 0 aliphatic carbocycles. The first-order valence-corrected chi connectivity index (χ1v) is 5.19. The van der Waals surface area contributed by atoms with Crippen molar-refractivity contribution in [3.05, 3.63) is 0 Å². The van der Waals surface area contributed by atoms with Crippen LogP contribution in [0.4, 0.5) is 0 Å². The highest BCUT2D eigenvalue weighted by Crippen LogP contribution is 2.22. The van der Waals surface area contributed by atoms with Gasteiger partial charge in [-0.2, -0.15) is 0 Å². The first kappa shape index (κ1) is 12.9. The van der Waals surface area contributed by atoms with Crippen molar-refractivity contribution < 1.29 is 24.1 Å². The molecule has 1 rings (SSSR count). The molecule has 0 spiro atoms. The normalized spacial score (nSPS) is 26.8. The summed E-state index contributed by atoms with van der Waals surface area (Å²) < 4.78 is 21.5. The Balaban J connectivity index is 2.10. The minimum Gasteiger partial charge on any atom is -0.394 e. The maximum atomic E-state index is 8.54. The van der Waals surface area contributed by atoms with Crippen molar-refractivity contribution in [1.82, 2.24) is 0 Å². The molecule has 0 bridgehead atoms. The maximum Gasteiger partial charge on any atom is 0.163 e. The molecule has 0 aromatic carbocycles. The van der Waals surface area contributed by atoms with Crippen molar-refractivity contribution in [2.45, 2.75) is 39.0 Å². The van der Waals surface area contributed by atoms with Gasteiger partial charge in [0.15, 0.2) is 12.1 Å². The van der Waals surface area contributed by atoms with E-state index in [1.54, 1.807) is 6.92 Å². The highest BCUT2D eigenvalue weighted by molar-refractivity contribution is 4.70. The van der Waals surface area contributed by atoms with Crippen molar-refractivity contribution in [2.24, 2.45) is 0 Å². The molecule has 0 aromatic heterocycles. The fraction of sp³-hybridized carbons (Fsp3) is 1.00. The van der Waals surface area contributed by atoms with Crippen LogP contribution in [0.25, 0.3) is 0 Å². The van der Waals surface area contributed by atoms with E-state index in [1.165, 1.54) is 0 Å². The molecule has 90 valence electrons. The Morgan fingerprint density at radius 1 is 1.47 bits per heavy atom. The van der Waals surface area contributed by atoms with E-state index in [-0.39, 0.29) is 25.6 Å². The molecule has 1 heterocycles. The van der Waals surface area contributed by atoms with Crippen LogP contribution in [0.2, 0.25) is 0 Å². The van der Waals surface area contributed by atoms with E-state index in [4.69, 9.17) is 24.1 Å². The van der Waals surface area contributed by atoms with Crippen molar-refractivity contribution in [2.75, 3.05) is 26.4 Å². The predicted octanol–water partition coefficient (Wildman–Crippen LogP) is 0.509. The molecule has 1 aliphatic heterocycles. The van der Waals surface area contributed by atoms with Gasteiger partial charge in [-0.25, -0.2) is 0 Å². The lowest BCUT2D eigenvalue weighted by molar-refractivity contribution is -0.174. The number of hydrogen-bond acceptors (Lipinski definition) is 5. The number of hydrogen-bond donors (Lipinski definition) is 1.